The number of carbonyl (C=O) groups excluding carboxylic acids is 2. The summed E-state index contributed by atoms with van der Waals surface area (Å²) in [5, 5.41) is 0.431. The van der Waals surface area contributed by atoms with Crippen LogP contribution in [0.1, 0.15) is 38.5 Å². The largest absolute Gasteiger partial charge is 0.274 e. The summed E-state index contributed by atoms with van der Waals surface area (Å²) in [4.78, 5) is 27.4. The molecule has 2 aromatic rings. The van der Waals surface area contributed by atoms with E-state index < -0.39 is 22.0 Å². The van der Waals surface area contributed by atoms with Crippen LogP contribution in [-0.2, 0) is 19.6 Å². The lowest BCUT2D eigenvalue weighted by Gasteiger charge is -2.36. The van der Waals surface area contributed by atoms with Gasteiger partial charge in [-0.15, -0.1) is 0 Å². The van der Waals surface area contributed by atoms with E-state index in [1.807, 2.05) is 12.1 Å². The Hall–Kier alpha value is -1.49. The summed E-state index contributed by atoms with van der Waals surface area (Å²) in [5.74, 6) is -0.877. The fourth-order valence-electron chi connectivity index (χ4n) is 4.36. The molecule has 0 aromatic heterocycles. The fraction of sp³-hybridized carbons (Fsp3) is 0.364. The minimum absolute atomic E-state index is 0.0791. The van der Waals surface area contributed by atoms with Crippen molar-refractivity contribution in [3.8, 4) is 0 Å². The molecule has 2 aromatic carbocycles. The predicted octanol–water partition coefficient (Wildman–Crippen LogP) is 4.60. The first kappa shape index (κ1) is 22.7. The van der Waals surface area contributed by atoms with E-state index in [-0.39, 0.29) is 23.3 Å². The highest BCUT2D eigenvalue weighted by Crippen LogP contribution is 2.35. The highest BCUT2D eigenvalue weighted by atomic mass is 127. The first-order valence-corrected chi connectivity index (χ1v) is 13.1. The smallest absolute Gasteiger partial charge is 0.252 e. The van der Waals surface area contributed by atoms with Gasteiger partial charge in [0.1, 0.15) is 6.04 Å². The van der Waals surface area contributed by atoms with Gasteiger partial charge in [-0.2, -0.15) is 4.31 Å². The van der Waals surface area contributed by atoms with Crippen LogP contribution in [0.4, 0.5) is 5.69 Å². The molecule has 1 saturated heterocycles. The van der Waals surface area contributed by atoms with Crippen LogP contribution < -0.4 is 4.90 Å². The van der Waals surface area contributed by atoms with Gasteiger partial charge in [0.15, 0.2) is 0 Å². The van der Waals surface area contributed by atoms with E-state index in [2.05, 4.69) is 22.6 Å². The van der Waals surface area contributed by atoms with Gasteiger partial charge in [0.25, 0.3) is 5.91 Å². The van der Waals surface area contributed by atoms with E-state index >= 15 is 0 Å². The van der Waals surface area contributed by atoms with Crippen LogP contribution >= 0.6 is 34.2 Å². The molecule has 1 aliphatic heterocycles. The number of anilines is 1. The van der Waals surface area contributed by atoms with Crippen molar-refractivity contribution >= 4 is 61.7 Å². The second kappa shape index (κ2) is 9.17. The third-order valence-electron chi connectivity index (χ3n) is 5.84. The third kappa shape index (κ3) is 4.53. The highest BCUT2D eigenvalue weighted by molar-refractivity contribution is 14.1. The number of rotatable bonds is 5. The zero-order valence-electron chi connectivity index (χ0n) is 16.7. The molecule has 164 valence electrons. The third-order valence-corrected chi connectivity index (χ3v) is 8.79. The summed E-state index contributed by atoms with van der Waals surface area (Å²) in [5.41, 5.74) is 0.463. The average molecular weight is 573 g/mol. The van der Waals surface area contributed by atoms with Gasteiger partial charge in [0.05, 0.1) is 17.0 Å². The maximum atomic E-state index is 13.7. The lowest BCUT2D eigenvalue weighted by atomic mass is 9.94. The summed E-state index contributed by atoms with van der Waals surface area (Å²) in [7, 11) is -4.00. The molecule has 1 aliphatic carbocycles. The molecule has 2 amide bonds. The molecule has 2 fully saturated rings. The molecule has 1 unspecified atom stereocenters. The van der Waals surface area contributed by atoms with Crippen molar-refractivity contribution in [1.82, 2.24) is 4.31 Å². The molecule has 0 radical (unpaired) electrons. The molecule has 2 aliphatic rings. The van der Waals surface area contributed by atoms with E-state index in [1.54, 1.807) is 12.1 Å². The number of nitrogens with zero attached hydrogens (tertiary/aromatic N) is 2. The normalized spacial score (nSPS) is 20.6. The summed E-state index contributed by atoms with van der Waals surface area (Å²) in [6.07, 6.45) is 4.02. The number of carbonyl (C=O) groups is 2. The van der Waals surface area contributed by atoms with Crippen LogP contribution in [0.3, 0.4) is 0 Å². The molecular formula is C22H22ClIN2O4S. The molecule has 0 bridgehead atoms. The molecule has 31 heavy (non-hydrogen) atoms. The molecule has 1 saturated carbocycles. The van der Waals surface area contributed by atoms with Crippen LogP contribution in [0.2, 0.25) is 5.02 Å². The lowest BCUT2D eigenvalue weighted by molar-refractivity contribution is -0.122. The zero-order chi connectivity index (χ0) is 22.2. The van der Waals surface area contributed by atoms with Crippen molar-refractivity contribution < 1.29 is 18.0 Å². The second-order valence-corrected chi connectivity index (χ2v) is 11.4. The van der Waals surface area contributed by atoms with Gasteiger partial charge >= 0.3 is 0 Å². The molecule has 1 heterocycles. The average Bonchev–Trinajstić information content (AvgIpc) is 3.03. The topological polar surface area (TPSA) is 74.8 Å². The highest BCUT2D eigenvalue weighted by Gasteiger charge is 2.49. The van der Waals surface area contributed by atoms with E-state index in [4.69, 9.17) is 11.6 Å². The Balaban J connectivity index is 1.73. The Morgan fingerprint density at radius 1 is 0.935 bits per heavy atom. The van der Waals surface area contributed by atoms with Gasteiger partial charge in [0, 0.05) is 14.6 Å². The van der Waals surface area contributed by atoms with Crippen LogP contribution in [0.15, 0.2) is 53.4 Å². The number of hydrogen-bond acceptors (Lipinski definition) is 4. The predicted molar refractivity (Wildman–Crippen MR) is 127 cm³/mol. The monoisotopic (exact) mass is 572 g/mol. The summed E-state index contributed by atoms with van der Waals surface area (Å²) >= 11 is 8.09. The maximum absolute atomic E-state index is 13.7. The molecule has 6 nitrogen and oxygen atoms in total. The Bertz CT molecular complexity index is 1080. The molecular weight excluding hydrogens is 551 g/mol. The van der Waals surface area contributed by atoms with Crippen molar-refractivity contribution in [3.63, 3.8) is 0 Å². The van der Waals surface area contributed by atoms with Gasteiger partial charge in [-0.3, -0.25) is 9.59 Å². The number of sulfonamides is 1. The number of amides is 2. The minimum Gasteiger partial charge on any atom is -0.274 e. The van der Waals surface area contributed by atoms with Crippen LogP contribution in [0, 0.1) is 3.57 Å². The van der Waals surface area contributed by atoms with Crippen molar-refractivity contribution in [2.24, 2.45) is 0 Å². The van der Waals surface area contributed by atoms with Gasteiger partial charge in [-0.05, 0) is 84.0 Å². The van der Waals surface area contributed by atoms with Crippen molar-refractivity contribution in [3.05, 3.63) is 57.1 Å². The summed E-state index contributed by atoms with van der Waals surface area (Å²) < 4.78 is 29.6. The van der Waals surface area contributed by atoms with Crippen molar-refractivity contribution in [2.75, 3.05) is 4.90 Å². The number of hydrogen-bond donors (Lipinski definition) is 0. The fourth-order valence-corrected chi connectivity index (χ4v) is 6.67. The number of halogens is 2. The Kier molecular flexibility index (Phi) is 6.71. The Labute approximate surface area is 200 Å². The molecule has 0 N–H and O–H groups in total. The molecule has 4 rings (SSSR count). The first-order chi connectivity index (χ1) is 14.8. The van der Waals surface area contributed by atoms with Gasteiger partial charge < -0.3 is 0 Å². The van der Waals surface area contributed by atoms with Gasteiger partial charge in [-0.25, -0.2) is 13.3 Å². The first-order valence-electron chi connectivity index (χ1n) is 10.2. The van der Waals surface area contributed by atoms with Crippen LogP contribution in [0.25, 0.3) is 0 Å². The quantitative estimate of drug-likeness (QED) is 0.388. The summed E-state index contributed by atoms with van der Waals surface area (Å²) in [6.45, 7) is 0. The minimum atomic E-state index is -4.00. The van der Waals surface area contributed by atoms with E-state index in [0.717, 1.165) is 27.7 Å². The van der Waals surface area contributed by atoms with Crippen LogP contribution in [0.5, 0.6) is 0 Å². The lowest BCUT2D eigenvalue weighted by Crippen LogP contribution is -2.51. The van der Waals surface area contributed by atoms with E-state index in [1.165, 1.54) is 28.6 Å². The summed E-state index contributed by atoms with van der Waals surface area (Å²) in [6, 6.07) is 11.6. The standard InChI is InChI=1S/C22H22ClIN2O4S/c23-15-6-12-19(13-7-15)31(29,30)26(18-4-2-1-3-5-18)20-14-21(27)25(22(20)28)17-10-8-16(24)9-11-17/h6-13,18,20H,1-5,14H2. The molecule has 0 spiro atoms. The zero-order valence-corrected chi connectivity index (χ0v) is 20.4. The van der Waals surface area contributed by atoms with E-state index in [0.29, 0.717) is 23.6 Å². The van der Waals surface area contributed by atoms with Gasteiger partial charge in [-0.1, -0.05) is 30.9 Å². The van der Waals surface area contributed by atoms with E-state index in [9.17, 15) is 18.0 Å². The van der Waals surface area contributed by atoms with Crippen molar-refractivity contribution in [2.45, 2.75) is 55.5 Å². The molecule has 9 heteroatoms. The van der Waals surface area contributed by atoms with Crippen LogP contribution in [-0.4, -0.2) is 36.6 Å². The maximum Gasteiger partial charge on any atom is 0.252 e. The SMILES string of the molecule is O=C1CC(N(C2CCCCC2)S(=O)(=O)c2ccc(Cl)cc2)C(=O)N1c1ccc(I)cc1. The second-order valence-electron chi connectivity index (χ2n) is 7.84. The Morgan fingerprint density at radius 2 is 1.55 bits per heavy atom. The number of benzene rings is 2. The number of imide groups is 1. The Morgan fingerprint density at radius 3 is 2.16 bits per heavy atom. The molecule has 1 atom stereocenters. The van der Waals surface area contributed by atoms with Gasteiger partial charge in [0.2, 0.25) is 15.9 Å². The van der Waals surface area contributed by atoms with Crippen molar-refractivity contribution in [1.29, 1.82) is 0 Å².